The Morgan fingerprint density at radius 3 is 2.56 bits per heavy atom. The molecule has 0 fully saturated rings. The van der Waals surface area contributed by atoms with Crippen molar-refractivity contribution in [3.8, 4) is 5.69 Å². The first-order valence-corrected chi connectivity index (χ1v) is 4.62. The fraction of sp³-hybridized carbons (Fsp3) is 0. The molecule has 2 aromatic rings. The van der Waals surface area contributed by atoms with Crippen LogP contribution in [0.5, 0.6) is 0 Å². The van der Waals surface area contributed by atoms with Crippen molar-refractivity contribution < 1.29 is 4.79 Å². The van der Waals surface area contributed by atoms with Crippen molar-refractivity contribution in [1.29, 1.82) is 0 Å². The number of hydrogen-bond donors (Lipinski definition) is 1. The molecule has 0 saturated heterocycles. The molecule has 0 radical (unpaired) electrons. The van der Waals surface area contributed by atoms with E-state index >= 15 is 0 Å². The Labute approximate surface area is 91.2 Å². The lowest BCUT2D eigenvalue weighted by Crippen LogP contribution is -2.23. The van der Waals surface area contributed by atoms with E-state index in [4.69, 9.17) is 5.73 Å². The minimum absolute atomic E-state index is 0.0304. The van der Waals surface area contributed by atoms with Crippen LogP contribution < -0.4 is 11.3 Å². The van der Waals surface area contributed by atoms with Gasteiger partial charge in [0.2, 0.25) is 0 Å². The molecule has 0 aliphatic heterocycles. The first kappa shape index (κ1) is 10.1. The molecule has 0 amide bonds. The van der Waals surface area contributed by atoms with Gasteiger partial charge in [0.05, 0.1) is 5.69 Å². The van der Waals surface area contributed by atoms with Crippen LogP contribution in [-0.2, 0) is 0 Å². The van der Waals surface area contributed by atoms with Crippen LogP contribution in [-0.4, -0.2) is 15.8 Å². The zero-order valence-electron chi connectivity index (χ0n) is 8.33. The quantitative estimate of drug-likeness (QED) is 0.745. The molecule has 1 heterocycles. The predicted octanol–water partition coefficient (Wildman–Crippen LogP) is 0.627. The molecule has 0 spiro atoms. The van der Waals surface area contributed by atoms with E-state index in [0.717, 1.165) is 0 Å². The summed E-state index contributed by atoms with van der Waals surface area (Å²) >= 11 is 0. The average Bonchev–Trinajstić information content (AvgIpc) is 2.34. The van der Waals surface area contributed by atoms with Crippen LogP contribution in [0.3, 0.4) is 0 Å². The van der Waals surface area contributed by atoms with Gasteiger partial charge in [-0.05, 0) is 12.1 Å². The van der Waals surface area contributed by atoms with Gasteiger partial charge in [-0.3, -0.25) is 14.2 Å². The van der Waals surface area contributed by atoms with Gasteiger partial charge in [-0.25, -0.2) is 4.98 Å². The number of carbonyl (C=O) groups excluding carboxylic acids is 1. The van der Waals surface area contributed by atoms with Gasteiger partial charge in [0.15, 0.2) is 6.29 Å². The zero-order valence-corrected chi connectivity index (χ0v) is 8.33. The molecule has 1 aromatic carbocycles. The number of hydrogen-bond acceptors (Lipinski definition) is 4. The smallest absolute Gasteiger partial charge is 0.281 e. The summed E-state index contributed by atoms with van der Waals surface area (Å²) in [4.78, 5) is 26.1. The number of nitrogens with zero attached hydrogens (tertiary/aromatic N) is 2. The van der Waals surface area contributed by atoms with Crippen LogP contribution in [0.2, 0.25) is 0 Å². The first-order chi connectivity index (χ1) is 7.74. The second-order valence-corrected chi connectivity index (χ2v) is 3.17. The molecular weight excluding hydrogens is 206 g/mol. The zero-order chi connectivity index (χ0) is 11.5. The number of carbonyl (C=O) groups is 1. The largest absolute Gasteiger partial charge is 0.392 e. The average molecular weight is 215 g/mol. The van der Waals surface area contributed by atoms with Crippen molar-refractivity contribution in [3.05, 3.63) is 52.7 Å². The van der Waals surface area contributed by atoms with E-state index in [2.05, 4.69) is 4.98 Å². The Balaban J connectivity index is 2.65. The summed E-state index contributed by atoms with van der Waals surface area (Å²) in [6, 6.07) is 8.94. The van der Waals surface area contributed by atoms with Crippen LogP contribution in [0.25, 0.3) is 5.69 Å². The second-order valence-electron chi connectivity index (χ2n) is 3.17. The number of rotatable bonds is 2. The third kappa shape index (κ3) is 1.58. The predicted molar refractivity (Wildman–Crippen MR) is 59.6 cm³/mol. The molecule has 5 nitrogen and oxygen atoms in total. The van der Waals surface area contributed by atoms with Gasteiger partial charge in [-0.15, -0.1) is 0 Å². The van der Waals surface area contributed by atoms with E-state index in [1.165, 1.54) is 10.9 Å². The minimum atomic E-state index is -0.441. The third-order valence-electron chi connectivity index (χ3n) is 2.18. The third-order valence-corrected chi connectivity index (χ3v) is 2.18. The summed E-state index contributed by atoms with van der Waals surface area (Å²) in [6.07, 6.45) is 1.75. The van der Waals surface area contributed by atoms with Gasteiger partial charge < -0.3 is 5.73 Å². The molecule has 0 unspecified atom stereocenters. The molecule has 80 valence electrons. The van der Waals surface area contributed by atoms with Crippen molar-refractivity contribution in [2.75, 3.05) is 5.73 Å². The number of aldehydes is 1. The molecule has 16 heavy (non-hydrogen) atoms. The lowest BCUT2D eigenvalue weighted by atomic mass is 10.3. The Kier molecular flexibility index (Phi) is 2.51. The summed E-state index contributed by atoms with van der Waals surface area (Å²) < 4.78 is 1.29. The normalized spacial score (nSPS) is 10.0. The van der Waals surface area contributed by atoms with E-state index in [0.29, 0.717) is 12.0 Å². The van der Waals surface area contributed by atoms with Crippen LogP contribution >= 0.6 is 0 Å². The summed E-state index contributed by atoms with van der Waals surface area (Å²) in [5, 5.41) is 0. The number of nitrogen functional groups attached to an aromatic ring is 1. The van der Waals surface area contributed by atoms with E-state index in [1.54, 1.807) is 24.3 Å². The number of aromatic nitrogens is 2. The van der Waals surface area contributed by atoms with E-state index in [9.17, 15) is 9.59 Å². The SMILES string of the molecule is Nc1c(C=O)ncn(-c2ccccc2)c1=O. The minimum Gasteiger partial charge on any atom is -0.392 e. The Morgan fingerprint density at radius 2 is 1.94 bits per heavy atom. The molecule has 0 saturated carbocycles. The maximum atomic E-state index is 11.8. The lowest BCUT2D eigenvalue weighted by Gasteiger charge is -2.06. The van der Waals surface area contributed by atoms with E-state index in [1.807, 2.05) is 6.07 Å². The summed E-state index contributed by atoms with van der Waals surface area (Å²) in [6.45, 7) is 0. The molecule has 0 aliphatic carbocycles. The van der Waals surface area contributed by atoms with Gasteiger partial charge >= 0.3 is 0 Å². The van der Waals surface area contributed by atoms with Gasteiger partial charge in [0, 0.05) is 0 Å². The monoisotopic (exact) mass is 215 g/mol. The molecule has 0 atom stereocenters. The highest BCUT2D eigenvalue weighted by Gasteiger charge is 2.07. The number of nitrogens with two attached hydrogens (primary N) is 1. The Morgan fingerprint density at radius 1 is 1.25 bits per heavy atom. The maximum absolute atomic E-state index is 11.8. The molecule has 0 bridgehead atoms. The van der Waals surface area contributed by atoms with Crippen molar-refractivity contribution in [2.45, 2.75) is 0 Å². The molecule has 0 aliphatic rings. The van der Waals surface area contributed by atoms with Crippen LogP contribution in [0.1, 0.15) is 10.5 Å². The van der Waals surface area contributed by atoms with Gasteiger partial charge in [0.1, 0.15) is 17.7 Å². The van der Waals surface area contributed by atoms with Gasteiger partial charge in [0.25, 0.3) is 5.56 Å². The highest BCUT2D eigenvalue weighted by molar-refractivity contribution is 5.79. The topological polar surface area (TPSA) is 78.0 Å². The Bertz CT molecular complexity index is 576. The molecular formula is C11H9N3O2. The molecule has 2 N–H and O–H groups in total. The van der Waals surface area contributed by atoms with Crippen LogP contribution in [0.15, 0.2) is 41.5 Å². The highest BCUT2D eigenvalue weighted by atomic mass is 16.1. The first-order valence-electron chi connectivity index (χ1n) is 4.62. The lowest BCUT2D eigenvalue weighted by molar-refractivity contribution is 0.111. The van der Waals surface area contributed by atoms with Crippen molar-refractivity contribution in [2.24, 2.45) is 0 Å². The van der Waals surface area contributed by atoms with Crippen molar-refractivity contribution >= 4 is 12.0 Å². The fourth-order valence-corrected chi connectivity index (χ4v) is 1.35. The number of para-hydroxylation sites is 1. The molecule has 2 rings (SSSR count). The van der Waals surface area contributed by atoms with Gasteiger partial charge in [-0.1, -0.05) is 18.2 Å². The van der Waals surface area contributed by atoms with Crippen molar-refractivity contribution in [1.82, 2.24) is 9.55 Å². The fourth-order valence-electron chi connectivity index (χ4n) is 1.35. The number of anilines is 1. The molecule has 5 heteroatoms. The second kappa shape index (κ2) is 3.98. The number of benzene rings is 1. The maximum Gasteiger partial charge on any atom is 0.281 e. The van der Waals surface area contributed by atoms with Crippen LogP contribution in [0.4, 0.5) is 5.69 Å². The standard InChI is InChI=1S/C11H9N3O2/c12-10-9(6-15)13-7-14(11(10)16)8-4-2-1-3-5-8/h1-7H,12H2. The Hall–Kier alpha value is -2.43. The summed E-state index contributed by atoms with van der Waals surface area (Å²) in [7, 11) is 0. The molecule has 1 aromatic heterocycles. The van der Waals surface area contributed by atoms with Crippen LogP contribution in [0, 0.1) is 0 Å². The summed E-state index contributed by atoms with van der Waals surface area (Å²) in [5.41, 5.74) is 5.55. The summed E-state index contributed by atoms with van der Waals surface area (Å²) in [5.74, 6) is 0. The van der Waals surface area contributed by atoms with Gasteiger partial charge in [-0.2, -0.15) is 0 Å². The van der Waals surface area contributed by atoms with Crippen molar-refractivity contribution in [3.63, 3.8) is 0 Å². The highest BCUT2D eigenvalue weighted by Crippen LogP contribution is 2.05. The van der Waals surface area contributed by atoms with E-state index in [-0.39, 0.29) is 11.4 Å². The van der Waals surface area contributed by atoms with E-state index < -0.39 is 5.56 Å².